The molecule has 3 aromatic rings. The summed E-state index contributed by atoms with van der Waals surface area (Å²) in [7, 11) is 1.37. The molecule has 24 heavy (non-hydrogen) atoms. The zero-order chi connectivity index (χ0) is 17.1. The molecule has 4 nitrogen and oxygen atoms in total. The van der Waals surface area contributed by atoms with Gasteiger partial charge >= 0.3 is 5.97 Å². The van der Waals surface area contributed by atoms with Crippen LogP contribution < -0.4 is 0 Å². The van der Waals surface area contributed by atoms with Crippen LogP contribution >= 0.6 is 11.5 Å². The molecule has 0 bridgehead atoms. The first-order valence-electron chi connectivity index (χ1n) is 7.71. The van der Waals surface area contributed by atoms with E-state index in [9.17, 15) is 4.79 Å². The van der Waals surface area contributed by atoms with E-state index >= 15 is 0 Å². The zero-order valence-electron chi connectivity index (χ0n) is 13.8. The van der Waals surface area contributed by atoms with Crippen molar-refractivity contribution >= 4 is 17.5 Å². The number of methoxy groups -OCH3 is 1. The summed E-state index contributed by atoms with van der Waals surface area (Å²) in [6.07, 6.45) is 0. The molecule has 0 N–H and O–H groups in total. The Morgan fingerprint density at radius 2 is 1.83 bits per heavy atom. The summed E-state index contributed by atoms with van der Waals surface area (Å²) >= 11 is 1.35. The lowest BCUT2D eigenvalue weighted by Gasteiger charge is -2.05. The van der Waals surface area contributed by atoms with Gasteiger partial charge in [0.25, 0.3) is 0 Å². The van der Waals surface area contributed by atoms with Gasteiger partial charge in [-0.25, -0.2) is 9.78 Å². The summed E-state index contributed by atoms with van der Waals surface area (Å²) in [6.45, 7) is 4.35. The Morgan fingerprint density at radius 3 is 2.50 bits per heavy atom. The molecule has 0 saturated heterocycles. The summed E-state index contributed by atoms with van der Waals surface area (Å²) in [5, 5.41) is 0.865. The van der Waals surface area contributed by atoms with Crippen LogP contribution in [0.2, 0.25) is 0 Å². The maximum Gasteiger partial charge on any atom is 0.337 e. The Labute approximate surface area is 145 Å². The van der Waals surface area contributed by atoms with Crippen LogP contribution in [0.15, 0.2) is 48.5 Å². The van der Waals surface area contributed by atoms with E-state index in [-0.39, 0.29) is 5.97 Å². The van der Waals surface area contributed by atoms with Gasteiger partial charge in [-0.3, -0.25) is 0 Å². The number of rotatable bonds is 4. The number of esters is 1. The minimum Gasteiger partial charge on any atom is -0.465 e. The molecular weight excluding hydrogens is 320 g/mol. The van der Waals surface area contributed by atoms with Gasteiger partial charge in [-0.1, -0.05) is 50.2 Å². The quantitative estimate of drug-likeness (QED) is 0.642. The highest BCUT2D eigenvalue weighted by Crippen LogP contribution is 2.27. The Bertz CT molecular complexity index is 854. The summed E-state index contributed by atoms with van der Waals surface area (Å²) in [6, 6.07) is 15.6. The minimum absolute atomic E-state index is 0.364. The molecule has 0 atom stereocenters. The van der Waals surface area contributed by atoms with Gasteiger partial charge in [0, 0.05) is 11.1 Å². The number of hydrogen-bond acceptors (Lipinski definition) is 5. The lowest BCUT2D eigenvalue weighted by molar-refractivity contribution is 0.0601. The van der Waals surface area contributed by atoms with E-state index in [1.165, 1.54) is 24.2 Å². The van der Waals surface area contributed by atoms with Gasteiger partial charge in [0.05, 0.1) is 12.7 Å². The first-order chi connectivity index (χ1) is 11.6. The van der Waals surface area contributed by atoms with E-state index in [0.29, 0.717) is 17.3 Å². The highest BCUT2D eigenvalue weighted by atomic mass is 32.1. The molecule has 1 aromatic heterocycles. The van der Waals surface area contributed by atoms with Crippen LogP contribution in [-0.4, -0.2) is 22.4 Å². The Kier molecular flexibility index (Phi) is 4.71. The van der Waals surface area contributed by atoms with Crippen molar-refractivity contribution in [2.24, 2.45) is 0 Å². The summed E-state index contributed by atoms with van der Waals surface area (Å²) in [5.41, 5.74) is 3.65. The van der Waals surface area contributed by atoms with Gasteiger partial charge in [-0.05, 0) is 35.1 Å². The van der Waals surface area contributed by atoms with Crippen LogP contribution in [0.5, 0.6) is 0 Å². The SMILES string of the molecule is COC(=O)c1cccc(-c2nsc(-c3ccc(C(C)C)cc3)n2)c1. The second kappa shape index (κ2) is 6.93. The second-order valence-corrected chi connectivity index (χ2v) is 6.52. The molecule has 0 fully saturated rings. The number of hydrogen-bond donors (Lipinski definition) is 0. The normalized spacial score (nSPS) is 10.8. The number of carbonyl (C=O) groups is 1. The van der Waals surface area contributed by atoms with Crippen LogP contribution in [0, 0.1) is 0 Å². The van der Waals surface area contributed by atoms with E-state index < -0.39 is 0 Å². The molecule has 5 heteroatoms. The van der Waals surface area contributed by atoms with Crippen molar-refractivity contribution < 1.29 is 9.53 Å². The maximum atomic E-state index is 11.7. The number of aromatic nitrogens is 2. The van der Waals surface area contributed by atoms with Crippen molar-refractivity contribution in [2.75, 3.05) is 7.11 Å². The monoisotopic (exact) mass is 338 g/mol. The minimum atomic E-state index is -0.364. The van der Waals surface area contributed by atoms with Crippen LogP contribution in [0.25, 0.3) is 22.0 Å². The Hall–Kier alpha value is -2.53. The van der Waals surface area contributed by atoms with Gasteiger partial charge in [0.1, 0.15) is 5.01 Å². The molecule has 0 aliphatic carbocycles. The Morgan fingerprint density at radius 1 is 1.08 bits per heavy atom. The maximum absolute atomic E-state index is 11.7. The average Bonchev–Trinajstić information content (AvgIpc) is 3.11. The van der Waals surface area contributed by atoms with Crippen LogP contribution in [-0.2, 0) is 4.74 Å². The van der Waals surface area contributed by atoms with Gasteiger partial charge in [0.15, 0.2) is 5.82 Å². The first-order valence-corrected chi connectivity index (χ1v) is 8.48. The molecule has 0 radical (unpaired) electrons. The number of nitrogens with zero attached hydrogens (tertiary/aromatic N) is 2. The summed E-state index contributed by atoms with van der Waals surface area (Å²) in [4.78, 5) is 16.3. The van der Waals surface area contributed by atoms with Crippen molar-refractivity contribution in [2.45, 2.75) is 19.8 Å². The fourth-order valence-electron chi connectivity index (χ4n) is 2.37. The van der Waals surface area contributed by atoms with Crippen LogP contribution in [0.1, 0.15) is 35.7 Å². The lowest BCUT2D eigenvalue weighted by atomic mass is 10.0. The molecule has 3 rings (SSSR count). The fourth-order valence-corrected chi connectivity index (χ4v) is 3.06. The van der Waals surface area contributed by atoms with Crippen molar-refractivity contribution in [3.63, 3.8) is 0 Å². The lowest BCUT2D eigenvalue weighted by Crippen LogP contribution is -2.00. The highest BCUT2D eigenvalue weighted by Gasteiger charge is 2.12. The van der Waals surface area contributed by atoms with Gasteiger partial charge in [-0.15, -0.1) is 0 Å². The third-order valence-corrected chi connectivity index (χ3v) is 4.56. The molecule has 2 aromatic carbocycles. The van der Waals surface area contributed by atoms with Crippen molar-refractivity contribution in [3.8, 4) is 22.0 Å². The van der Waals surface area contributed by atoms with Crippen molar-refractivity contribution in [3.05, 3.63) is 59.7 Å². The molecule has 0 spiro atoms. The standard InChI is InChI=1S/C19H18N2O2S/c1-12(2)13-7-9-14(10-8-13)18-20-17(21-24-18)15-5-4-6-16(11-15)19(22)23-3/h4-12H,1-3H3. The predicted molar refractivity (Wildman–Crippen MR) is 96.2 cm³/mol. The van der Waals surface area contributed by atoms with E-state index in [1.807, 2.05) is 6.07 Å². The number of carbonyl (C=O) groups excluding carboxylic acids is 1. The van der Waals surface area contributed by atoms with E-state index in [2.05, 4.69) is 47.5 Å². The second-order valence-electron chi connectivity index (χ2n) is 5.77. The molecule has 0 aliphatic heterocycles. The smallest absolute Gasteiger partial charge is 0.337 e. The van der Waals surface area contributed by atoms with E-state index in [0.717, 1.165) is 16.1 Å². The molecule has 122 valence electrons. The molecule has 0 aliphatic rings. The molecule has 0 amide bonds. The van der Waals surface area contributed by atoms with E-state index in [1.54, 1.807) is 18.2 Å². The van der Waals surface area contributed by atoms with Gasteiger partial charge in [-0.2, -0.15) is 4.37 Å². The highest BCUT2D eigenvalue weighted by molar-refractivity contribution is 7.09. The van der Waals surface area contributed by atoms with Crippen molar-refractivity contribution in [1.29, 1.82) is 0 Å². The molecule has 0 saturated carbocycles. The predicted octanol–water partition coefficient (Wildman–Crippen LogP) is 4.78. The fraction of sp³-hybridized carbons (Fsp3) is 0.211. The number of benzene rings is 2. The third kappa shape index (κ3) is 3.36. The van der Waals surface area contributed by atoms with E-state index in [4.69, 9.17) is 4.74 Å². The Balaban J connectivity index is 1.89. The molecule has 0 unspecified atom stereocenters. The summed E-state index contributed by atoms with van der Waals surface area (Å²) < 4.78 is 9.18. The third-order valence-electron chi connectivity index (χ3n) is 3.79. The average molecular weight is 338 g/mol. The van der Waals surface area contributed by atoms with Crippen LogP contribution in [0.4, 0.5) is 0 Å². The van der Waals surface area contributed by atoms with Crippen LogP contribution in [0.3, 0.4) is 0 Å². The van der Waals surface area contributed by atoms with Gasteiger partial charge in [0.2, 0.25) is 0 Å². The molecular formula is C19H18N2O2S. The number of ether oxygens (including phenoxy) is 1. The summed E-state index contributed by atoms with van der Waals surface area (Å²) in [5.74, 6) is 0.760. The zero-order valence-corrected chi connectivity index (χ0v) is 14.6. The topological polar surface area (TPSA) is 52.1 Å². The first kappa shape index (κ1) is 16.3. The molecule has 1 heterocycles. The largest absolute Gasteiger partial charge is 0.465 e. The van der Waals surface area contributed by atoms with Crippen molar-refractivity contribution in [1.82, 2.24) is 9.36 Å². The van der Waals surface area contributed by atoms with Gasteiger partial charge < -0.3 is 4.74 Å².